The first-order valence-electron chi connectivity index (χ1n) is 8.38. The van der Waals surface area contributed by atoms with E-state index in [9.17, 15) is 9.59 Å². The highest BCUT2D eigenvalue weighted by atomic mass is 35.5. The molecule has 2 amide bonds. The molecule has 0 aromatic heterocycles. The monoisotopic (exact) mass is 366 g/mol. The molecule has 0 radical (unpaired) electrons. The number of hydrogen-bond acceptors (Lipinski definition) is 3. The first-order valence-corrected chi connectivity index (χ1v) is 8.76. The van der Waals surface area contributed by atoms with Crippen LogP contribution in [-0.2, 0) is 16.0 Å². The van der Waals surface area contributed by atoms with Crippen LogP contribution in [0.1, 0.15) is 18.1 Å². The van der Waals surface area contributed by atoms with Gasteiger partial charge in [-0.25, -0.2) is 0 Å². The van der Waals surface area contributed by atoms with Gasteiger partial charge in [-0.15, -0.1) is 6.58 Å². The van der Waals surface area contributed by atoms with Gasteiger partial charge in [0, 0.05) is 17.3 Å². The zero-order chi connectivity index (χ0) is 18.7. The average Bonchev–Trinajstić information content (AvgIpc) is 2.88. The maximum atomic E-state index is 12.8. The van der Waals surface area contributed by atoms with E-state index in [-0.39, 0.29) is 24.1 Å². The molecule has 0 atom stereocenters. The molecule has 3 rings (SSSR count). The number of aryl methyl sites for hydroxylation is 1. The van der Waals surface area contributed by atoms with Gasteiger partial charge in [0.15, 0.2) is 0 Å². The van der Waals surface area contributed by atoms with Crippen molar-refractivity contribution < 1.29 is 9.59 Å². The predicted molar refractivity (Wildman–Crippen MR) is 105 cm³/mol. The van der Waals surface area contributed by atoms with Gasteiger partial charge >= 0.3 is 0 Å². The van der Waals surface area contributed by atoms with E-state index in [1.54, 1.807) is 24.3 Å². The second kappa shape index (κ2) is 7.58. The Morgan fingerprint density at radius 2 is 1.69 bits per heavy atom. The van der Waals surface area contributed by atoms with Crippen LogP contribution in [0.5, 0.6) is 0 Å². The highest BCUT2D eigenvalue weighted by molar-refractivity contribution is 6.37. The number of rotatable bonds is 6. The molecule has 0 aliphatic carbocycles. The fourth-order valence-electron chi connectivity index (χ4n) is 2.84. The number of amides is 2. The number of benzene rings is 2. The van der Waals surface area contributed by atoms with Crippen LogP contribution in [0.3, 0.4) is 0 Å². The van der Waals surface area contributed by atoms with E-state index in [4.69, 9.17) is 11.6 Å². The molecule has 0 spiro atoms. The molecule has 1 N–H and O–H groups in total. The fraction of sp³-hybridized carbons (Fsp3) is 0.143. The lowest BCUT2D eigenvalue weighted by Crippen LogP contribution is -2.32. The Hall–Kier alpha value is -2.85. The van der Waals surface area contributed by atoms with Crippen molar-refractivity contribution in [2.75, 3.05) is 11.9 Å². The molecule has 2 aromatic carbocycles. The summed E-state index contributed by atoms with van der Waals surface area (Å²) >= 11 is 5.95. The van der Waals surface area contributed by atoms with Crippen molar-refractivity contribution in [3.05, 3.63) is 83.0 Å². The Labute approximate surface area is 157 Å². The van der Waals surface area contributed by atoms with Crippen LogP contribution in [-0.4, -0.2) is 23.3 Å². The van der Waals surface area contributed by atoms with E-state index in [0.717, 1.165) is 12.1 Å². The zero-order valence-corrected chi connectivity index (χ0v) is 15.2. The number of carbonyl (C=O) groups excluding carboxylic acids is 2. The van der Waals surface area contributed by atoms with E-state index in [1.165, 1.54) is 16.5 Å². The van der Waals surface area contributed by atoms with E-state index >= 15 is 0 Å². The maximum absolute atomic E-state index is 12.8. The summed E-state index contributed by atoms with van der Waals surface area (Å²) < 4.78 is 0. The highest BCUT2D eigenvalue weighted by Crippen LogP contribution is 2.31. The van der Waals surface area contributed by atoms with E-state index < -0.39 is 0 Å². The molecule has 0 fully saturated rings. The van der Waals surface area contributed by atoms with Gasteiger partial charge in [0.25, 0.3) is 11.8 Å². The van der Waals surface area contributed by atoms with Gasteiger partial charge < -0.3 is 5.32 Å². The second-order valence-corrected chi connectivity index (χ2v) is 6.38. The van der Waals surface area contributed by atoms with E-state index in [2.05, 4.69) is 18.8 Å². The van der Waals surface area contributed by atoms with Crippen molar-refractivity contribution in [3.63, 3.8) is 0 Å². The minimum atomic E-state index is -0.362. The molecular formula is C21H19ClN2O2. The lowest BCUT2D eigenvalue weighted by Gasteiger charge is -2.12. The van der Waals surface area contributed by atoms with Gasteiger partial charge in [0.2, 0.25) is 0 Å². The number of nitrogens with zero attached hydrogens (tertiary/aromatic N) is 1. The van der Waals surface area contributed by atoms with Crippen LogP contribution >= 0.6 is 11.6 Å². The van der Waals surface area contributed by atoms with Crippen molar-refractivity contribution in [1.82, 2.24) is 4.90 Å². The fourth-order valence-corrected chi connectivity index (χ4v) is 2.97. The molecule has 132 valence electrons. The number of nitrogens with one attached hydrogen (secondary N) is 1. The van der Waals surface area contributed by atoms with Crippen LogP contribution in [0, 0.1) is 0 Å². The van der Waals surface area contributed by atoms with Crippen molar-refractivity contribution in [1.29, 1.82) is 0 Å². The van der Waals surface area contributed by atoms with Gasteiger partial charge in [-0.1, -0.05) is 48.9 Å². The minimum Gasteiger partial charge on any atom is -0.350 e. The van der Waals surface area contributed by atoms with Crippen molar-refractivity contribution >= 4 is 34.7 Å². The minimum absolute atomic E-state index is 0.161. The van der Waals surface area contributed by atoms with Gasteiger partial charge in [-0.05, 0) is 41.8 Å². The van der Waals surface area contributed by atoms with E-state index in [1.807, 2.05) is 24.3 Å². The highest BCUT2D eigenvalue weighted by Gasteiger charge is 2.38. The molecule has 0 saturated heterocycles. The van der Waals surface area contributed by atoms with Crippen LogP contribution in [0.15, 0.2) is 66.9 Å². The summed E-state index contributed by atoms with van der Waals surface area (Å²) in [7, 11) is 0. The molecular weight excluding hydrogens is 348 g/mol. The van der Waals surface area contributed by atoms with Gasteiger partial charge in [-0.3, -0.25) is 14.5 Å². The Bertz CT molecular complexity index is 883. The predicted octanol–water partition coefficient (Wildman–Crippen LogP) is 4.28. The van der Waals surface area contributed by atoms with Gasteiger partial charge in [0.1, 0.15) is 5.70 Å². The van der Waals surface area contributed by atoms with Crippen LogP contribution < -0.4 is 5.32 Å². The number of anilines is 1. The summed E-state index contributed by atoms with van der Waals surface area (Å²) in [5, 5.41) is 3.69. The largest absolute Gasteiger partial charge is 0.350 e. The molecule has 1 heterocycles. The van der Waals surface area contributed by atoms with Gasteiger partial charge in [-0.2, -0.15) is 0 Å². The Balaban J connectivity index is 2.03. The molecule has 4 nitrogen and oxygen atoms in total. The standard InChI is InChI=1S/C21H19ClN2O2/c1-3-13-24-20(25)18(15-7-9-16(22)10-8-15)19(21(24)26)23-17-11-5-14(4-2)6-12-17/h3,5-12,23H,1,4,13H2,2H3. The van der Waals surface area contributed by atoms with Crippen LogP contribution in [0.4, 0.5) is 5.69 Å². The first-order chi connectivity index (χ1) is 12.5. The summed E-state index contributed by atoms with van der Waals surface area (Å²) in [6.07, 6.45) is 2.47. The Kier molecular flexibility index (Phi) is 5.24. The number of halogens is 1. The lowest BCUT2D eigenvalue weighted by atomic mass is 10.0. The molecule has 1 aliphatic heterocycles. The molecule has 26 heavy (non-hydrogen) atoms. The summed E-state index contributed by atoms with van der Waals surface area (Å²) in [5.74, 6) is -0.704. The zero-order valence-electron chi connectivity index (χ0n) is 14.5. The topological polar surface area (TPSA) is 49.4 Å². The van der Waals surface area contributed by atoms with Crippen LogP contribution in [0.25, 0.3) is 5.57 Å². The molecule has 5 heteroatoms. The SMILES string of the molecule is C=CCN1C(=O)C(Nc2ccc(CC)cc2)=C(c2ccc(Cl)cc2)C1=O. The van der Waals surface area contributed by atoms with Gasteiger partial charge in [0.05, 0.1) is 5.57 Å². The summed E-state index contributed by atoms with van der Waals surface area (Å²) in [6.45, 7) is 5.87. The number of imide groups is 1. The summed E-state index contributed by atoms with van der Waals surface area (Å²) in [5.41, 5.74) is 3.21. The van der Waals surface area contributed by atoms with E-state index in [0.29, 0.717) is 16.2 Å². The number of hydrogen-bond donors (Lipinski definition) is 1. The van der Waals surface area contributed by atoms with Crippen molar-refractivity contribution in [2.45, 2.75) is 13.3 Å². The normalized spacial score (nSPS) is 14.2. The Morgan fingerprint density at radius 1 is 1.04 bits per heavy atom. The molecule has 2 aromatic rings. The maximum Gasteiger partial charge on any atom is 0.278 e. The third-order valence-electron chi connectivity index (χ3n) is 4.24. The smallest absolute Gasteiger partial charge is 0.278 e. The third-order valence-corrected chi connectivity index (χ3v) is 4.50. The molecule has 0 unspecified atom stereocenters. The van der Waals surface area contributed by atoms with Crippen molar-refractivity contribution in [3.8, 4) is 0 Å². The molecule has 0 bridgehead atoms. The lowest BCUT2D eigenvalue weighted by molar-refractivity contribution is -0.136. The Morgan fingerprint density at radius 3 is 2.27 bits per heavy atom. The first kappa shape index (κ1) is 18.0. The average molecular weight is 367 g/mol. The molecule has 1 aliphatic rings. The van der Waals surface area contributed by atoms with Crippen molar-refractivity contribution in [2.24, 2.45) is 0 Å². The summed E-state index contributed by atoms with van der Waals surface area (Å²) in [6, 6.07) is 14.7. The second-order valence-electron chi connectivity index (χ2n) is 5.94. The summed E-state index contributed by atoms with van der Waals surface area (Å²) in [4.78, 5) is 26.8. The molecule has 0 saturated carbocycles. The quantitative estimate of drug-likeness (QED) is 0.613. The third kappa shape index (κ3) is 3.41. The van der Waals surface area contributed by atoms with Crippen LogP contribution in [0.2, 0.25) is 5.02 Å². The number of carbonyl (C=O) groups is 2.